The number of aliphatic carboxylic acids is 1. The van der Waals surface area contributed by atoms with E-state index in [1.54, 1.807) is 0 Å². The molecule has 3 N–H and O–H groups in total. The highest BCUT2D eigenvalue weighted by Crippen LogP contribution is 2.42. The van der Waals surface area contributed by atoms with Gasteiger partial charge in [-0.3, -0.25) is 4.79 Å². The van der Waals surface area contributed by atoms with Crippen molar-refractivity contribution in [1.82, 2.24) is 0 Å². The molecular formula is C30H33NO4. The summed E-state index contributed by atoms with van der Waals surface area (Å²) in [5.41, 5.74) is 10.6. The van der Waals surface area contributed by atoms with Gasteiger partial charge in [-0.25, -0.2) is 4.79 Å². The topological polar surface area (TPSA) is 89.6 Å². The number of benzene rings is 3. The van der Waals surface area contributed by atoms with E-state index in [1.807, 2.05) is 30.3 Å². The molecule has 0 aliphatic heterocycles. The van der Waals surface area contributed by atoms with E-state index in [0.29, 0.717) is 5.75 Å². The monoisotopic (exact) mass is 471 g/mol. The highest BCUT2D eigenvalue weighted by atomic mass is 16.5. The molecule has 2 unspecified atom stereocenters. The quantitative estimate of drug-likeness (QED) is 0.377. The number of ether oxygens (including phenoxy) is 1. The third kappa shape index (κ3) is 6.10. The van der Waals surface area contributed by atoms with Crippen molar-refractivity contribution in [2.45, 2.75) is 50.4 Å². The lowest BCUT2D eigenvalue weighted by Gasteiger charge is -2.32. The fourth-order valence-electron chi connectivity index (χ4n) is 5.52. The minimum Gasteiger partial charge on any atom is -0.482 e. The van der Waals surface area contributed by atoms with Crippen molar-refractivity contribution < 1.29 is 19.4 Å². The van der Waals surface area contributed by atoms with Crippen LogP contribution in [0.4, 0.5) is 0 Å². The molecule has 5 nitrogen and oxygen atoms in total. The van der Waals surface area contributed by atoms with E-state index in [1.165, 1.54) is 11.1 Å². The first kappa shape index (κ1) is 24.5. The number of amides is 1. The van der Waals surface area contributed by atoms with Crippen LogP contribution in [0, 0.1) is 5.92 Å². The molecule has 0 saturated heterocycles. The van der Waals surface area contributed by atoms with E-state index in [2.05, 4.69) is 48.5 Å². The molecule has 2 atom stereocenters. The Morgan fingerprint density at radius 1 is 0.914 bits per heavy atom. The number of fused-ring (bicyclic) bond motifs is 1. The molecule has 0 heterocycles. The lowest BCUT2D eigenvalue weighted by Crippen LogP contribution is -2.31. The van der Waals surface area contributed by atoms with E-state index < -0.39 is 5.97 Å². The highest BCUT2D eigenvalue weighted by Gasteiger charge is 2.32. The molecule has 4 rings (SSSR count). The number of primary amides is 1. The molecule has 3 aromatic rings. The van der Waals surface area contributed by atoms with Crippen LogP contribution in [0.15, 0.2) is 78.9 Å². The van der Waals surface area contributed by atoms with Crippen LogP contribution in [0.1, 0.15) is 66.2 Å². The lowest BCUT2D eigenvalue weighted by molar-refractivity contribution is -0.139. The van der Waals surface area contributed by atoms with Gasteiger partial charge in [0.25, 0.3) is 0 Å². The molecule has 1 amide bonds. The summed E-state index contributed by atoms with van der Waals surface area (Å²) in [5, 5.41) is 9.01. The maximum Gasteiger partial charge on any atom is 0.341 e. The van der Waals surface area contributed by atoms with Gasteiger partial charge < -0.3 is 15.6 Å². The fourth-order valence-corrected chi connectivity index (χ4v) is 5.52. The summed E-state index contributed by atoms with van der Waals surface area (Å²) in [6, 6.07) is 26.7. The van der Waals surface area contributed by atoms with E-state index in [4.69, 9.17) is 15.6 Å². The second-order valence-corrected chi connectivity index (χ2v) is 9.32. The second kappa shape index (κ2) is 11.7. The maximum atomic E-state index is 12.6. The van der Waals surface area contributed by atoms with Gasteiger partial charge in [0.2, 0.25) is 5.91 Å². The number of hydrogen-bond acceptors (Lipinski definition) is 3. The first-order valence-electron chi connectivity index (χ1n) is 12.4. The minimum absolute atomic E-state index is 0.0246. The summed E-state index contributed by atoms with van der Waals surface area (Å²) < 4.78 is 5.55. The predicted molar refractivity (Wildman–Crippen MR) is 137 cm³/mol. The van der Waals surface area contributed by atoms with Crippen molar-refractivity contribution in [3.63, 3.8) is 0 Å². The average molecular weight is 472 g/mol. The summed E-state index contributed by atoms with van der Waals surface area (Å²) in [5.74, 6) is -0.647. The van der Waals surface area contributed by atoms with Crippen LogP contribution in [0.5, 0.6) is 5.75 Å². The van der Waals surface area contributed by atoms with Crippen molar-refractivity contribution >= 4 is 11.9 Å². The van der Waals surface area contributed by atoms with Gasteiger partial charge in [-0.15, -0.1) is 0 Å². The second-order valence-electron chi connectivity index (χ2n) is 9.32. The predicted octanol–water partition coefficient (Wildman–Crippen LogP) is 5.67. The highest BCUT2D eigenvalue weighted by molar-refractivity contribution is 5.78. The molecule has 3 aromatic carbocycles. The fraction of sp³-hybridized carbons (Fsp3) is 0.333. The lowest BCUT2D eigenvalue weighted by atomic mass is 9.73. The summed E-state index contributed by atoms with van der Waals surface area (Å²) in [4.78, 5) is 23.6. The van der Waals surface area contributed by atoms with Crippen molar-refractivity contribution in [3.8, 4) is 5.75 Å². The number of rotatable bonds is 11. The smallest absolute Gasteiger partial charge is 0.341 e. The van der Waals surface area contributed by atoms with Gasteiger partial charge in [0.05, 0.1) is 0 Å². The number of hydrogen-bond donors (Lipinski definition) is 2. The molecule has 0 fully saturated rings. The largest absolute Gasteiger partial charge is 0.482 e. The van der Waals surface area contributed by atoms with Crippen molar-refractivity contribution in [3.05, 3.63) is 101 Å². The van der Waals surface area contributed by atoms with Gasteiger partial charge >= 0.3 is 5.97 Å². The molecule has 182 valence electrons. The van der Waals surface area contributed by atoms with Crippen LogP contribution in [0.25, 0.3) is 0 Å². The van der Waals surface area contributed by atoms with Crippen LogP contribution >= 0.6 is 0 Å². The van der Waals surface area contributed by atoms with Gasteiger partial charge in [0.15, 0.2) is 6.61 Å². The van der Waals surface area contributed by atoms with E-state index in [9.17, 15) is 9.59 Å². The number of carboxylic acid groups (broad SMARTS) is 1. The Labute approximate surface area is 206 Å². The zero-order valence-electron chi connectivity index (χ0n) is 19.9. The van der Waals surface area contributed by atoms with Gasteiger partial charge in [0, 0.05) is 11.8 Å². The van der Waals surface area contributed by atoms with Crippen molar-refractivity contribution in [1.29, 1.82) is 0 Å². The van der Waals surface area contributed by atoms with E-state index >= 15 is 0 Å². The van der Waals surface area contributed by atoms with E-state index in [0.717, 1.165) is 49.7 Å². The third-order valence-electron chi connectivity index (χ3n) is 7.12. The van der Waals surface area contributed by atoms with E-state index in [-0.39, 0.29) is 30.3 Å². The van der Waals surface area contributed by atoms with Crippen molar-refractivity contribution in [2.24, 2.45) is 11.7 Å². The Bertz CT molecular complexity index is 1090. The minimum atomic E-state index is -1.00. The van der Waals surface area contributed by atoms with Crippen LogP contribution in [-0.2, 0) is 16.0 Å². The first-order chi connectivity index (χ1) is 17.0. The average Bonchev–Trinajstić information content (AvgIpc) is 2.88. The van der Waals surface area contributed by atoms with Crippen LogP contribution in [-0.4, -0.2) is 23.6 Å². The molecule has 0 radical (unpaired) electrons. The SMILES string of the molecule is NC(=O)C(CCCC(c1ccccc1)c1ccccc1)C1CCCc2c(OCC(=O)O)cccc21. The maximum absolute atomic E-state index is 12.6. The zero-order valence-corrected chi connectivity index (χ0v) is 19.9. The van der Waals surface area contributed by atoms with Gasteiger partial charge in [-0.2, -0.15) is 0 Å². The molecule has 0 bridgehead atoms. The Morgan fingerprint density at radius 2 is 1.57 bits per heavy atom. The molecular weight excluding hydrogens is 438 g/mol. The summed E-state index contributed by atoms with van der Waals surface area (Å²) in [6.45, 7) is -0.374. The summed E-state index contributed by atoms with van der Waals surface area (Å²) >= 11 is 0. The molecule has 1 aliphatic rings. The van der Waals surface area contributed by atoms with Crippen LogP contribution in [0.3, 0.4) is 0 Å². The van der Waals surface area contributed by atoms with Gasteiger partial charge in [0.1, 0.15) is 5.75 Å². The Balaban J connectivity index is 1.51. The Hall–Kier alpha value is -3.60. The molecule has 35 heavy (non-hydrogen) atoms. The zero-order chi connectivity index (χ0) is 24.6. The normalized spacial score (nSPS) is 15.9. The van der Waals surface area contributed by atoms with Gasteiger partial charge in [-0.1, -0.05) is 79.2 Å². The third-order valence-corrected chi connectivity index (χ3v) is 7.12. The Kier molecular flexibility index (Phi) is 8.19. The molecule has 0 saturated carbocycles. The number of carbonyl (C=O) groups excluding carboxylic acids is 1. The molecule has 5 heteroatoms. The van der Waals surface area contributed by atoms with Crippen LogP contribution in [0.2, 0.25) is 0 Å². The number of carboxylic acids is 1. The Morgan fingerprint density at radius 3 is 2.17 bits per heavy atom. The van der Waals surface area contributed by atoms with Crippen LogP contribution < -0.4 is 10.5 Å². The summed E-state index contributed by atoms with van der Waals surface area (Å²) in [6.07, 6.45) is 5.16. The number of nitrogens with two attached hydrogens (primary N) is 1. The first-order valence-corrected chi connectivity index (χ1v) is 12.4. The van der Waals surface area contributed by atoms with Crippen molar-refractivity contribution in [2.75, 3.05) is 6.61 Å². The standard InChI is InChI=1S/C30H33NO4/c31-30(34)27(25-15-8-17-26-24(25)16-9-19-28(26)35-20-29(32)33)18-7-14-23(21-10-3-1-4-11-21)22-12-5-2-6-13-22/h1-6,9-13,16,19,23,25,27H,7-8,14-15,17-18,20H2,(H2,31,34)(H,32,33). The molecule has 1 aliphatic carbocycles. The number of carbonyl (C=O) groups is 2. The van der Waals surface area contributed by atoms with Gasteiger partial charge in [-0.05, 0) is 66.3 Å². The summed E-state index contributed by atoms with van der Waals surface area (Å²) in [7, 11) is 0. The molecule has 0 aromatic heterocycles. The molecule has 0 spiro atoms.